The van der Waals surface area contributed by atoms with Crippen LogP contribution in [0.4, 0.5) is 0 Å². The van der Waals surface area contributed by atoms with Gasteiger partial charge in [-0.1, -0.05) is 13.8 Å². The van der Waals surface area contributed by atoms with Crippen molar-refractivity contribution in [1.82, 2.24) is 5.32 Å². The van der Waals surface area contributed by atoms with Crippen LogP contribution in [0.25, 0.3) is 0 Å². The molecule has 3 aliphatic rings. The highest BCUT2D eigenvalue weighted by Crippen LogP contribution is 2.37. The van der Waals surface area contributed by atoms with Gasteiger partial charge in [-0.25, -0.2) is 0 Å². The molecule has 2 N–H and O–H groups in total. The van der Waals surface area contributed by atoms with Crippen molar-refractivity contribution in [2.45, 2.75) is 26.3 Å². The van der Waals surface area contributed by atoms with Gasteiger partial charge in [0.05, 0.1) is 11.7 Å². The Balaban J connectivity index is 2.33. The van der Waals surface area contributed by atoms with Crippen LogP contribution in [0.2, 0.25) is 0 Å². The first-order chi connectivity index (χ1) is 7.77. The summed E-state index contributed by atoms with van der Waals surface area (Å²) in [6.07, 6.45) is 10.1. The van der Waals surface area contributed by atoms with E-state index < -0.39 is 0 Å². The molecule has 16 heavy (non-hydrogen) atoms. The summed E-state index contributed by atoms with van der Waals surface area (Å²) in [6, 6.07) is -0.00861. The van der Waals surface area contributed by atoms with Crippen LogP contribution < -0.4 is 5.32 Å². The molecular weight excluding hydrogens is 198 g/mol. The summed E-state index contributed by atoms with van der Waals surface area (Å²) in [5, 5.41) is 10.6. The summed E-state index contributed by atoms with van der Waals surface area (Å²) in [5.74, 6) is 0.509. The van der Waals surface area contributed by atoms with Crippen LogP contribution in [-0.2, 0) is 0 Å². The second-order valence-corrected chi connectivity index (χ2v) is 4.16. The first-order valence-electron chi connectivity index (χ1n) is 5.70. The number of rotatable bonds is 3. The average molecular weight is 215 g/mol. The van der Waals surface area contributed by atoms with Gasteiger partial charge in [0.15, 0.2) is 0 Å². The molecule has 0 saturated carbocycles. The van der Waals surface area contributed by atoms with E-state index in [2.05, 4.69) is 30.2 Å². The molecule has 0 spiro atoms. The summed E-state index contributed by atoms with van der Waals surface area (Å²) in [6.45, 7) is 4.39. The van der Waals surface area contributed by atoms with E-state index in [1.54, 1.807) is 6.21 Å². The van der Waals surface area contributed by atoms with Gasteiger partial charge in [0.2, 0.25) is 0 Å². The van der Waals surface area contributed by atoms with Crippen LogP contribution in [0, 0.1) is 11.3 Å². The van der Waals surface area contributed by atoms with Crippen LogP contribution in [-0.4, -0.2) is 18.5 Å². The molecule has 0 aromatic carbocycles. The van der Waals surface area contributed by atoms with Gasteiger partial charge in [-0.15, -0.1) is 0 Å². The minimum absolute atomic E-state index is 0.00861. The Morgan fingerprint density at radius 2 is 2.44 bits per heavy atom. The molecule has 3 heteroatoms. The smallest absolute Gasteiger partial charge is 0.0862 e. The molecule has 84 valence electrons. The highest BCUT2D eigenvalue weighted by molar-refractivity contribution is 5.78. The lowest BCUT2D eigenvalue weighted by atomic mass is 9.79. The van der Waals surface area contributed by atoms with E-state index >= 15 is 0 Å². The van der Waals surface area contributed by atoms with Crippen molar-refractivity contribution in [1.29, 1.82) is 5.41 Å². The maximum atomic E-state index is 7.45. The van der Waals surface area contributed by atoms with Gasteiger partial charge in [0, 0.05) is 12.4 Å². The molecule has 3 rings (SSSR count). The lowest BCUT2D eigenvalue weighted by molar-refractivity contribution is 0.632. The summed E-state index contributed by atoms with van der Waals surface area (Å²) in [7, 11) is 0. The fraction of sp³-hybridized carbons (Fsp3) is 0.385. The van der Waals surface area contributed by atoms with Crippen LogP contribution in [0.5, 0.6) is 0 Å². The van der Waals surface area contributed by atoms with Crippen LogP contribution >= 0.6 is 0 Å². The van der Waals surface area contributed by atoms with Gasteiger partial charge in [-0.2, -0.15) is 0 Å². The van der Waals surface area contributed by atoms with Gasteiger partial charge in [-0.3, -0.25) is 4.99 Å². The number of nitrogens with one attached hydrogen (secondary N) is 2. The van der Waals surface area contributed by atoms with Crippen molar-refractivity contribution in [3.05, 3.63) is 35.2 Å². The molecule has 0 aromatic rings. The Morgan fingerprint density at radius 3 is 3.12 bits per heavy atom. The molecule has 0 amide bonds. The number of hydrogen-bond acceptors (Lipinski definition) is 3. The third-order valence-electron chi connectivity index (χ3n) is 3.16. The Bertz CT molecular complexity index is 413. The summed E-state index contributed by atoms with van der Waals surface area (Å²) < 4.78 is 0. The molecular formula is C13H17N3. The molecule has 2 atom stereocenters. The van der Waals surface area contributed by atoms with Crippen molar-refractivity contribution in [2.24, 2.45) is 10.9 Å². The molecule has 0 fully saturated rings. The third-order valence-corrected chi connectivity index (χ3v) is 3.16. The summed E-state index contributed by atoms with van der Waals surface area (Å²) in [4.78, 5) is 4.41. The number of nitrogens with zero attached hydrogens (tertiary/aromatic N) is 1. The largest absolute Gasteiger partial charge is 0.379 e. The molecule has 0 aromatic heterocycles. The Labute approximate surface area is 96.2 Å². The monoisotopic (exact) mass is 215 g/mol. The van der Waals surface area contributed by atoms with E-state index in [1.807, 2.05) is 12.3 Å². The Morgan fingerprint density at radius 1 is 1.62 bits per heavy atom. The lowest BCUT2D eigenvalue weighted by Crippen LogP contribution is -2.32. The lowest BCUT2D eigenvalue weighted by Gasteiger charge is -2.30. The standard InChI is InChI=1S/C13H17N3/c1-3-9(2)13-10-7-11(13)15-5-4-6-16-12(10)8-14/h4-9,12,14,16H,3H2,1-2H3/t9-,12?/m0/s1. The number of aliphatic imine (C=N–C) groups is 1. The number of fused-ring (bicyclic) bond motifs is 3. The normalized spacial score (nSPS) is 24.6. The second-order valence-electron chi connectivity index (χ2n) is 4.16. The maximum absolute atomic E-state index is 7.45. The molecule has 1 aliphatic carbocycles. The zero-order valence-electron chi connectivity index (χ0n) is 9.70. The van der Waals surface area contributed by atoms with E-state index in [9.17, 15) is 0 Å². The summed E-state index contributed by atoms with van der Waals surface area (Å²) in [5.41, 5.74) is 3.59. The molecule has 0 saturated heterocycles. The minimum atomic E-state index is -0.00861. The number of allylic oxidation sites excluding steroid dienone is 2. The maximum Gasteiger partial charge on any atom is 0.0862 e. The van der Waals surface area contributed by atoms with Crippen molar-refractivity contribution < 1.29 is 0 Å². The van der Waals surface area contributed by atoms with Crippen LogP contribution in [0.15, 0.2) is 40.2 Å². The fourth-order valence-electron chi connectivity index (χ4n) is 2.03. The Kier molecular flexibility index (Phi) is 3.04. The highest BCUT2D eigenvalue weighted by atomic mass is 14.9. The average Bonchev–Trinajstić information content (AvgIpc) is 2.42. The van der Waals surface area contributed by atoms with E-state index in [-0.39, 0.29) is 6.04 Å². The van der Waals surface area contributed by atoms with Crippen molar-refractivity contribution in [3.8, 4) is 0 Å². The molecule has 1 unspecified atom stereocenters. The van der Waals surface area contributed by atoms with E-state index in [1.165, 1.54) is 17.4 Å². The van der Waals surface area contributed by atoms with Crippen LogP contribution in [0.3, 0.4) is 0 Å². The van der Waals surface area contributed by atoms with Gasteiger partial charge < -0.3 is 10.7 Å². The van der Waals surface area contributed by atoms with Gasteiger partial charge in [-0.05, 0) is 41.8 Å². The Hall–Kier alpha value is -1.64. The van der Waals surface area contributed by atoms with E-state index in [0.717, 1.165) is 12.1 Å². The molecule has 3 nitrogen and oxygen atoms in total. The highest BCUT2D eigenvalue weighted by Gasteiger charge is 2.28. The van der Waals surface area contributed by atoms with Gasteiger partial charge in [0.1, 0.15) is 0 Å². The topological polar surface area (TPSA) is 48.2 Å². The third kappa shape index (κ3) is 1.73. The fourth-order valence-corrected chi connectivity index (χ4v) is 2.03. The first-order valence-corrected chi connectivity index (χ1v) is 5.70. The molecule has 0 radical (unpaired) electrons. The van der Waals surface area contributed by atoms with Crippen molar-refractivity contribution in [3.63, 3.8) is 0 Å². The predicted molar refractivity (Wildman–Crippen MR) is 67.9 cm³/mol. The number of hydrogen-bond donors (Lipinski definition) is 2. The van der Waals surface area contributed by atoms with E-state index in [0.29, 0.717) is 5.92 Å². The second kappa shape index (κ2) is 4.47. The predicted octanol–water partition coefficient (Wildman–Crippen LogP) is 2.43. The quantitative estimate of drug-likeness (QED) is 0.698. The van der Waals surface area contributed by atoms with Gasteiger partial charge >= 0.3 is 0 Å². The van der Waals surface area contributed by atoms with Crippen molar-refractivity contribution in [2.75, 3.05) is 0 Å². The zero-order chi connectivity index (χ0) is 11.5. The zero-order valence-corrected chi connectivity index (χ0v) is 9.70. The molecule has 2 heterocycles. The van der Waals surface area contributed by atoms with Crippen molar-refractivity contribution >= 4 is 12.4 Å². The molecule has 2 aliphatic heterocycles. The van der Waals surface area contributed by atoms with E-state index in [4.69, 9.17) is 5.41 Å². The first kappa shape index (κ1) is 10.9. The van der Waals surface area contributed by atoms with Crippen LogP contribution in [0.1, 0.15) is 20.3 Å². The van der Waals surface area contributed by atoms with Gasteiger partial charge in [0.25, 0.3) is 0 Å². The molecule has 2 bridgehead atoms. The SMILES string of the molecule is CC[C@H](C)C1=C2C=C1C(C=N)NC=CC=N2. The summed E-state index contributed by atoms with van der Waals surface area (Å²) >= 11 is 0. The minimum Gasteiger partial charge on any atom is -0.379 e.